The first kappa shape index (κ1) is 10.9. The van der Waals surface area contributed by atoms with Crippen LogP contribution in [-0.4, -0.2) is 43.9 Å². The van der Waals surface area contributed by atoms with Gasteiger partial charge in [-0.05, 0) is 19.8 Å². The first-order chi connectivity index (χ1) is 6.33. The van der Waals surface area contributed by atoms with Crippen molar-refractivity contribution in [3.63, 3.8) is 0 Å². The van der Waals surface area contributed by atoms with E-state index in [0.717, 1.165) is 19.4 Å². The van der Waals surface area contributed by atoms with Crippen molar-refractivity contribution in [2.24, 2.45) is 0 Å². The van der Waals surface area contributed by atoms with Crippen LogP contribution in [-0.2, 0) is 14.2 Å². The molecule has 0 amide bonds. The second-order valence-electron chi connectivity index (χ2n) is 3.08. The molecular formula is C9H18O4. The highest BCUT2D eigenvalue weighted by molar-refractivity contribution is 4.63. The smallest absolute Gasteiger partial charge is 0.178 e. The minimum absolute atomic E-state index is 0.163. The molecule has 1 aliphatic rings. The molecule has 2 atom stereocenters. The Morgan fingerprint density at radius 2 is 2.46 bits per heavy atom. The van der Waals surface area contributed by atoms with Gasteiger partial charge in [0, 0.05) is 13.2 Å². The largest absolute Gasteiger partial charge is 0.376 e. The standard InChI is InChI=1S/C9H18O4/c1-2-11-7-9(10)13-6-8-4-3-5-12-8/h8-10H,2-7H2,1H3. The molecule has 1 fully saturated rings. The summed E-state index contributed by atoms with van der Waals surface area (Å²) in [5.74, 6) is 0. The summed E-state index contributed by atoms with van der Waals surface area (Å²) in [6, 6.07) is 0. The van der Waals surface area contributed by atoms with E-state index in [9.17, 15) is 5.11 Å². The predicted molar refractivity (Wildman–Crippen MR) is 47.4 cm³/mol. The molecule has 0 bridgehead atoms. The van der Waals surface area contributed by atoms with Crippen molar-refractivity contribution in [3.05, 3.63) is 0 Å². The van der Waals surface area contributed by atoms with E-state index >= 15 is 0 Å². The molecule has 4 heteroatoms. The summed E-state index contributed by atoms with van der Waals surface area (Å²) in [6.45, 7) is 4.00. The van der Waals surface area contributed by atoms with E-state index in [1.165, 1.54) is 0 Å². The lowest BCUT2D eigenvalue weighted by molar-refractivity contribution is -0.153. The lowest BCUT2D eigenvalue weighted by Crippen LogP contribution is -2.24. The van der Waals surface area contributed by atoms with Crippen LogP contribution in [0.5, 0.6) is 0 Å². The van der Waals surface area contributed by atoms with E-state index in [2.05, 4.69) is 0 Å². The molecular weight excluding hydrogens is 172 g/mol. The van der Waals surface area contributed by atoms with Gasteiger partial charge in [-0.25, -0.2) is 0 Å². The Morgan fingerprint density at radius 3 is 3.08 bits per heavy atom. The van der Waals surface area contributed by atoms with Gasteiger partial charge in [0.15, 0.2) is 6.29 Å². The minimum atomic E-state index is -0.816. The second-order valence-corrected chi connectivity index (χ2v) is 3.08. The van der Waals surface area contributed by atoms with Crippen molar-refractivity contribution in [2.75, 3.05) is 26.4 Å². The van der Waals surface area contributed by atoms with Gasteiger partial charge in [-0.15, -0.1) is 0 Å². The maximum absolute atomic E-state index is 9.24. The van der Waals surface area contributed by atoms with Gasteiger partial charge >= 0.3 is 0 Å². The third kappa shape index (κ3) is 4.57. The van der Waals surface area contributed by atoms with Crippen LogP contribution >= 0.6 is 0 Å². The molecule has 13 heavy (non-hydrogen) atoms. The molecule has 1 aliphatic heterocycles. The molecule has 4 nitrogen and oxygen atoms in total. The Labute approximate surface area is 78.8 Å². The van der Waals surface area contributed by atoms with Crippen LogP contribution in [0.25, 0.3) is 0 Å². The maximum atomic E-state index is 9.24. The van der Waals surface area contributed by atoms with Crippen LogP contribution in [0.1, 0.15) is 19.8 Å². The van der Waals surface area contributed by atoms with E-state index in [1.54, 1.807) is 0 Å². The highest BCUT2D eigenvalue weighted by atomic mass is 16.6. The lowest BCUT2D eigenvalue weighted by atomic mass is 10.2. The van der Waals surface area contributed by atoms with E-state index in [0.29, 0.717) is 13.2 Å². The van der Waals surface area contributed by atoms with Crippen LogP contribution in [0.3, 0.4) is 0 Å². The van der Waals surface area contributed by atoms with E-state index < -0.39 is 6.29 Å². The Kier molecular flexibility index (Phi) is 5.31. The van der Waals surface area contributed by atoms with Crippen LogP contribution in [0.4, 0.5) is 0 Å². The zero-order valence-corrected chi connectivity index (χ0v) is 8.07. The molecule has 0 radical (unpaired) electrons. The summed E-state index contributed by atoms with van der Waals surface area (Å²) < 4.78 is 15.5. The summed E-state index contributed by atoms with van der Waals surface area (Å²) in [6.07, 6.45) is 1.47. The number of aliphatic hydroxyl groups is 1. The highest BCUT2D eigenvalue weighted by Gasteiger charge is 2.17. The molecule has 1 heterocycles. The van der Waals surface area contributed by atoms with Crippen LogP contribution in [0, 0.1) is 0 Å². The van der Waals surface area contributed by atoms with E-state index in [4.69, 9.17) is 14.2 Å². The molecule has 1 saturated heterocycles. The first-order valence-electron chi connectivity index (χ1n) is 4.82. The average molecular weight is 190 g/mol. The fourth-order valence-electron chi connectivity index (χ4n) is 1.26. The monoisotopic (exact) mass is 190 g/mol. The summed E-state index contributed by atoms with van der Waals surface area (Å²) in [5.41, 5.74) is 0. The van der Waals surface area contributed by atoms with Crippen molar-refractivity contribution < 1.29 is 19.3 Å². The van der Waals surface area contributed by atoms with Crippen LogP contribution in [0.2, 0.25) is 0 Å². The number of rotatable bonds is 6. The first-order valence-corrected chi connectivity index (χ1v) is 4.82. The highest BCUT2D eigenvalue weighted by Crippen LogP contribution is 2.12. The third-order valence-electron chi connectivity index (χ3n) is 1.96. The van der Waals surface area contributed by atoms with Crippen molar-refractivity contribution in [2.45, 2.75) is 32.2 Å². The molecule has 0 aromatic carbocycles. The topological polar surface area (TPSA) is 47.9 Å². The van der Waals surface area contributed by atoms with Gasteiger partial charge in [0.1, 0.15) is 0 Å². The summed E-state index contributed by atoms with van der Waals surface area (Å²) in [7, 11) is 0. The average Bonchev–Trinajstić information content (AvgIpc) is 2.64. The van der Waals surface area contributed by atoms with Gasteiger partial charge in [-0.3, -0.25) is 0 Å². The zero-order chi connectivity index (χ0) is 9.52. The number of aliphatic hydroxyl groups excluding tert-OH is 1. The lowest BCUT2D eigenvalue weighted by Gasteiger charge is -2.14. The fraction of sp³-hybridized carbons (Fsp3) is 1.00. The number of hydrogen-bond donors (Lipinski definition) is 1. The van der Waals surface area contributed by atoms with Gasteiger partial charge in [-0.2, -0.15) is 0 Å². The summed E-state index contributed by atoms with van der Waals surface area (Å²) >= 11 is 0. The maximum Gasteiger partial charge on any atom is 0.178 e. The molecule has 1 N–H and O–H groups in total. The molecule has 0 saturated carbocycles. The van der Waals surface area contributed by atoms with Gasteiger partial charge < -0.3 is 19.3 Å². The third-order valence-corrected chi connectivity index (χ3v) is 1.96. The molecule has 0 aromatic rings. The quantitative estimate of drug-likeness (QED) is 0.621. The number of ether oxygens (including phenoxy) is 3. The van der Waals surface area contributed by atoms with Crippen molar-refractivity contribution in [1.82, 2.24) is 0 Å². The van der Waals surface area contributed by atoms with Crippen LogP contribution in [0.15, 0.2) is 0 Å². The second kappa shape index (κ2) is 6.32. The predicted octanol–water partition coefficient (Wildman–Crippen LogP) is 0.537. The number of hydrogen-bond acceptors (Lipinski definition) is 4. The fourth-order valence-corrected chi connectivity index (χ4v) is 1.26. The summed E-state index contributed by atoms with van der Waals surface area (Å²) in [5, 5.41) is 9.24. The SMILES string of the molecule is CCOCC(O)OCC1CCCO1. The normalized spacial score (nSPS) is 24.9. The van der Waals surface area contributed by atoms with Gasteiger partial charge in [0.05, 0.1) is 19.3 Å². The molecule has 0 aromatic heterocycles. The molecule has 1 rings (SSSR count). The molecule has 0 aliphatic carbocycles. The van der Waals surface area contributed by atoms with E-state index in [1.807, 2.05) is 6.92 Å². The Morgan fingerprint density at radius 1 is 1.62 bits per heavy atom. The van der Waals surface area contributed by atoms with Crippen molar-refractivity contribution in [3.8, 4) is 0 Å². The Hall–Kier alpha value is -0.160. The van der Waals surface area contributed by atoms with Gasteiger partial charge in [0.2, 0.25) is 0 Å². The van der Waals surface area contributed by atoms with E-state index in [-0.39, 0.29) is 12.7 Å². The molecule has 2 unspecified atom stereocenters. The van der Waals surface area contributed by atoms with Crippen molar-refractivity contribution >= 4 is 0 Å². The van der Waals surface area contributed by atoms with Gasteiger partial charge in [0.25, 0.3) is 0 Å². The zero-order valence-electron chi connectivity index (χ0n) is 8.07. The van der Waals surface area contributed by atoms with Crippen molar-refractivity contribution in [1.29, 1.82) is 0 Å². The van der Waals surface area contributed by atoms with Crippen LogP contribution < -0.4 is 0 Å². The van der Waals surface area contributed by atoms with Gasteiger partial charge in [-0.1, -0.05) is 0 Å². The molecule has 78 valence electrons. The minimum Gasteiger partial charge on any atom is -0.376 e. The Bertz CT molecular complexity index is 123. The molecule has 0 spiro atoms. The Balaban J connectivity index is 1.97. The summed E-state index contributed by atoms with van der Waals surface area (Å²) in [4.78, 5) is 0.